The van der Waals surface area contributed by atoms with Crippen LogP contribution >= 0.6 is 0 Å². The van der Waals surface area contributed by atoms with Gasteiger partial charge in [-0.05, 0) is 23.3 Å². The molecule has 1 aromatic rings. The summed E-state index contributed by atoms with van der Waals surface area (Å²) in [5.41, 5.74) is 3.07. The van der Waals surface area contributed by atoms with Gasteiger partial charge in [0, 0.05) is 18.7 Å². The minimum absolute atomic E-state index is 0.0150. The van der Waals surface area contributed by atoms with E-state index in [1.807, 2.05) is 18.2 Å². The fourth-order valence-electron chi connectivity index (χ4n) is 1.97. The van der Waals surface area contributed by atoms with Crippen molar-refractivity contribution in [2.24, 2.45) is 0 Å². The second kappa shape index (κ2) is 3.88. The summed E-state index contributed by atoms with van der Waals surface area (Å²) in [5.74, 6) is 0.0150. The molecule has 0 saturated carbocycles. The van der Waals surface area contributed by atoms with Gasteiger partial charge in [0.05, 0.1) is 19.3 Å². The smallest absolute Gasteiger partial charge is 0.251 e. The zero-order chi connectivity index (χ0) is 11.0. The largest absolute Gasteiger partial charge is 0.372 e. The summed E-state index contributed by atoms with van der Waals surface area (Å²) < 4.78 is 5.32. The zero-order valence-corrected chi connectivity index (χ0v) is 8.95. The Bertz CT molecular complexity index is 427. The van der Waals surface area contributed by atoms with Crippen LogP contribution in [0.5, 0.6) is 0 Å². The average molecular weight is 218 g/mol. The van der Waals surface area contributed by atoms with E-state index in [4.69, 9.17) is 4.74 Å². The number of benzene rings is 1. The molecule has 1 amide bonds. The summed E-state index contributed by atoms with van der Waals surface area (Å²) in [5, 5.41) is 6.11. The van der Waals surface area contributed by atoms with Crippen LogP contribution in [0.3, 0.4) is 0 Å². The number of nitrogens with one attached hydrogen (secondary N) is 2. The Morgan fingerprint density at radius 3 is 2.88 bits per heavy atom. The fourth-order valence-corrected chi connectivity index (χ4v) is 1.97. The molecule has 0 spiro atoms. The second-order valence-electron chi connectivity index (χ2n) is 4.30. The molecule has 0 unspecified atom stereocenters. The van der Waals surface area contributed by atoms with Gasteiger partial charge in [-0.15, -0.1) is 0 Å². The molecule has 2 aliphatic rings. The molecule has 3 rings (SSSR count). The lowest BCUT2D eigenvalue weighted by Crippen LogP contribution is -2.56. The molecule has 0 aromatic heterocycles. The van der Waals surface area contributed by atoms with Gasteiger partial charge in [0.25, 0.3) is 5.91 Å². The first kappa shape index (κ1) is 9.81. The van der Waals surface area contributed by atoms with Crippen molar-refractivity contribution in [1.29, 1.82) is 0 Å². The van der Waals surface area contributed by atoms with E-state index >= 15 is 0 Å². The lowest BCUT2D eigenvalue weighted by atomic mass is 10.1. The Labute approximate surface area is 94.0 Å². The van der Waals surface area contributed by atoms with E-state index < -0.39 is 0 Å². The number of fused-ring (bicyclic) bond motifs is 1. The zero-order valence-electron chi connectivity index (χ0n) is 8.95. The van der Waals surface area contributed by atoms with Crippen LogP contribution in [0.1, 0.15) is 21.5 Å². The normalized spacial score (nSPS) is 19.0. The maximum absolute atomic E-state index is 11.9. The number of ether oxygens (including phenoxy) is 1. The molecule has 16 heavy (non-hydrogen) atoms. The summed E-state index contributed by atoms with van der Waals surface area (Å²) in [6.07, 6.45) is 0. The highest BCUT2D eigenvalue weighted by molar-refractivity contribution is 5.94. The molecular formula is C12H14N2O2. The molecule has 0 aliphatic carbocycles. The summed E-state index contributed by atoms with van der Waals surface area (Å²) in [6, 6.07) is 6.08. The molecule has 4 nitrogen and oxygen atoms in total. The van der Waals surface area contributed by atoms with Crippen molar-refractivity contribution >= 4 is 5.91 Å². The van der Waals surface area contributed by atoms with Gasteiger partial charge >= 0.3 is 0 Å². The third-order valence-corrected chi connectivity index (χ3v) is 3.10. The van der Waals surface area contributed by atoms with Crippen molar-refractivity contribution in [3.05, 3.63) is 34.9 Å². The van der Waals surface area contributed by atoms with Gasteiger partial charge in [0.2, 0.25) is 0 Å². The molecule has 0 bridgehead atoms. The van der Waals surface area contributed by atoms with Crippen molar-refractivity contribution in [3.8, 4) is 0 Å². The molecule has 2 N–H and O–H groups in total. The second-order valence-corrected chi connectivity index (χ2v) is 4.30. The number of carbonyl (C=O) groups is 1. The third-order valence-electron chi connectivity index (χ3n) is 3.10. The maximum atomic E-state index is 11.9. The molecule has 84 valence electrons. The molecule has 0 radical (unpaired) electrons. The highest BCUT2D eigenvalue weighted by Gasteiger charge is 2.20. The molecule has 0 atom stereocenters. The monoisotopic (exact) mass is 218 g/mol. The predicted molar refractivity (Wildman–Crippen MR) is 59.1 cm³/mol. The van der Waals surface area contributed by atoms with Gasteiger partial charge in [-0.25, -0.2) is 0 Å². The fraction of sp³-hybridized carbons (Fsp3) is 0.417. The van der Waals surface area contributed by atoms with Crippen LogP contribution in [0.2, 0.25) is 0 Å². The first-order valence-corrected chi connectivity index (χ1v) is 5.54. The maximum Gasteiger partial charge on any atom is 0.251 e. The van der Waals surface area contributed by atoms with E-state index in [9.17, 15) is 4.79 Å². The third kappa shape index (κ3) is 1.70. The molecule has 1 aromatic carbocycles. The minimum Gasteiger partial charge on any atom is -0.372 e. The minimum atomic E-state index is 0.0150. The van der Waals surface area contributed by atoms with Gasteiger partial charge in [0.15, 0.2) is 0 Å². The van der Waals surface area contributed by atoms with Crippen molar-refractivity contribution in [2.75, 3.05) is 13.1 Å². The van der Waals surface area contributed by atoms with E-state index in [1.54, 1.807) is 0 Å². The number of rotatable bonds is 2. The van der Waals surface area contributed by atoms with E-state index in [0.29, 0.717) is 13.2 Å². The van der Waals surface area contributed by atoms with Crippen LogP contribution in [-0.4, -0.2) is 25.0 Å². The standard InChI is InChI=1S/C12H14N2O2/c15-12(14-11-4-13-5-11)8-1-2-9-6-16-7-10(9)3-8/h1-3,11,13H,4-7H2,(H,14,15). The molecule has 2 heterocycles. The molecule has 4 heteroatoms. The van der Waals surface area contributed by atoms with Gasteiger partial charge < -0.3 is 15.4 Å². The van der Waals surface area contributed by atoms with Crippen molar-refractivity contribution < 1.29 is 9.53 Å². The summed E-state index contributed by atoms with van der Waals surface area (Å²) >= 11 is 0. The Kier molecular flexibility index (Phi) is 2.38. The summed E-state index contributed by atoms with van der Waals surface area (Å²) in [6.45, 7) is 3.05. The van der Waals surface area contributed by atoms with Gasteiger partial charge in [-0.2, -0.15) is 0 Å². The lowest BCUT2D eigenvalue weighted by Gasteiger charge is -2.27. The Balaban J connectivity index is 1.75. The van der Waals surface area contributed by atoms with Crippen LogP contribution < -0.4 is 10.6 Å². The Morgan fingerprint density at radius 2 is 2.12 bits per heavy atom. The van der Waals surface area contributed by atoms with E-state index in [2.05, 4.69) is 10.6 Å². The van der Waals surface area contributed by atoms with Crippen molar-refractivity contribution in [1.82, 2.24) is 10.6 Å². The SMILES string of the molecule is O=C(NC1CNC1)c1ccc2c(c1)COC2. The van der Waals surface area contributed by atoms with E-state index in [0.717, 1.165) is 24.2 Å². The number of hydrogen-bond donors (Lipinski definition) is 2. The van der Waals surface area contributed by atoms with Crippen LogP contribution in [0.4, 0.5) is 0 Å². The van der Waals surface area contributed by atoms with Crippen LogP contribution in [0.15, 0.2) is 18.2 Å². The van der Waals surface area contributed by atoms with Crippen LogP contribution in [-0.2, 0) is 18.0 Å². The lowest BCUT2D eigenvalue weighted by molar-refractivity contribution is 0.0924. The molecule has 2 aliphatic heterocycles. The molecular weight excluding hydrogens is 204 g/mol. The number of amides is 1. The molecule has 1 saturated heterocycles. The Hall–Kier alpha value is -1.39. The predicted octanol–water partition coefficient (Wildman–Crippen LogP) is 0.418. The van der Waals surface area contributed by atoms with Gasteiger partial charge in [0.1, 0.15) is 0 Å². The summed E-state index contributed by atoms with van der Waals surface area (Å²) in [4.78, 5) is 11.9. The highest BCUT2D eigenvalue weighted by atomic mass is 16.5. The van der Waals surface area contributed by atoms with Crippen LogP contribution in [0, 0.1) is 0 Å². The quantitative estimate of drug-likeness (QED) is 0.756. The average Bonchev–Trinajstić information content (AvgIpc) is 2.69. The van der Waals surface area contributed by atoms with E-state index in [1.165, 1.54) is 5.56 Å². The first-order valence-electron chi connectivity index (χ1n) is 5.54. The van der Waals surface area contributed by atoms with Crippen LogP contribution in [0.25, 0.3) is 0 Å². The first-order chi connectivity index (χ1) is 7.83. The topological polar surface area (TPSA) is 50.4 Å². The van der Waals surface area contributed by atoms with Gasteiger partial charge in [-0.3, -0.25) is 4.79 Å². The highest BCUT2D eigenvalue weighted by Crippen LogP contribution is 2.20. The van der Waals surface area contributed by atoms with E-state index in [-0.39, 0.29) is 11.9 Å². The van der Waals surface area contributed by atoms with Crippen molar-refractivity contribution in [3.63, 3.8) is 0 Å². The number of hydrogen-bond acceptors (Lipinski definition) is 3. The van der Waals surface area contributed by atoms with Gasteiger partial charge in [-0.1, -0.05) is 6.07 Å². The summed E-state index contributed by atoms with van der Waals surface area (Å²) in [7, 11) is 0. The van der Waals surface area contributed by atoms with Crippen molar-refractivity contribution in [2.45, 2.75) is 19.3 Å². The number of carbonyl (C=O) groups excluding carboxylic acids is 1. The Morgan fingerprint density at radius 1 is 1.31 bits per heavy atom. The molecule has 1 fully saturated rings.